The Morgan fingerprint density at radius 2 is 2.17 bits per heavy atom. The highest BCUT2D eigenvalue weighted by Crippen LogP contribution is 2.28. The van der Waals surface area contributed by atoms with Crippen molar-refractivity contribution in [1.29, 1.82) is 0 Å². The molecular weight excluding hydrogens is 317 g/mol. The van der Waals surface area contributed by atoms with Crippen LogP contribution in [-0.4, -0.2) is 29.9 Å². The average molecular weight is 326 g/mol. The third-order valence-electron chi connectivity index (χ3n) is 3.05. The van der Waals surface area contributed by atoms with E-state index in [4.69, 9.17) is 4.52 Å². The second-order valence-corrected chi connectivity index (χ2v) is 4.61. The molecule has 0 saturated heterocycles. The average Bonchev–Trinajstić information content (AvgIpc) is 3.16. The van der Waals surface area contributed by atoms with Crippen LogP contribution in [0.15, 0.2) is 34.1 Å². The molecule has 0 aliphatic rings. The maximum atomic E-state index is 12.6. The number of hydrogen-bond acceptors (Lipinski definition) is 6. The Morgan fingerprint density at radius 3 is 2.83 bits per heavy atom. The van der Waals surface area contributed by atoms with Crippen molar-refractivity contribution in [2.45, 2.75) is 19.1 Å². The fourth-order valence-electron chi connectivity index (χ4n) is 1.84. The molecule has 1 unspecified atom stereocenters. The van der Waals surface area contributed by atoms with Crippen molar-refractivity contribution in [3.63, 3.8) is 0 Å². The molecule has 3 aromatic rings. The van der Waals surface area contributed by atoms with Crippen LogP contribution in [0.25, 0.3) is 11.4 Å². The van der Waals surface area contributed by atoms with E-state index in [2.05, 4.69) is 25.2 Å². The van der Waals surface area contributed by atoms with Crippen molar-refractivity contribution in [1.82, 2.24) is 29.9 Å². The Bertz CT molecular complexity index is 881. The molecule has 3 heterocycles. The van der Waals surface area contributed by atoms with Crippen LogP contribution in [0.4, 0.5) is 13.2 Å². The highest BCUT2D eigenvalue weighted by atomic mass is 19.4. The van der Waals surface area contributed by atoms with Gasteiger partial charge in [0.2, 0.25) is 5.82 Å². The zero-order valence-corrected chi connectivity index (χ0v) is 11.6. The van der Waals surface area contributed by atoms with Crippen molar-refractivity contribution in [3.8, 4) is 11.4 Å². The molecular formula is C12H9F3N6O2. The molecule has 0 aliphatic heterocycles. The summed E-state index contributed by atoms with van der Waals surface area (Å²) in [5.74, 6) is 0.00415. The lowest BCUT2D eigenvalue weighted by Gasteiger charge is -2.07. The molecule has 11 heteroatoms. The molecule has 0 bridgehead atoms. The summed E-state index contributed by atoms with van der Waals surface area (Å²) < 4.78 is 43.7. The first kappa shape index (κ1) is 14.9. The van der Waals surface area contributed by atoms with Crippen LogP contribution in [0.3, 0.4) is 0 Å². The number of H-pyrrole nitrogens is 1. The first-order valence-corrected chi connectivity index (χ1v) is 6.35. The fourth-order valence-corrected chi connectivity index (χ4v) is 1.84. The fraction of sp³-hybridized carbons (Fsp3) is 0.250. The predicted octanol–water partition coefficient (Wildman–Crippen LogP) is 1.64. The SMILES string of the molecule is CC(c1nc(-c2cnc[nH]c2=O)no1)n1ccc(C(F)(F)F)n1. The largest absolute Gasteiger partial charge is 0.435 e. The summed E-state index contributed by atoms with van der Waals surface area (Å²) in [6.45, 7) is 1.54. The van der Waals surface area contributed by atoms with Crippen LogP contribution in [0.2, 0.25) is 0 Å². The van der Waals surface area contributed by atoms with E-state index in [0.717, 1.165) is 16.9 Å². The number of alkyl halides is 3. The van der Waals surface area contributed by atoms with Crippen LogP contribution >= 0.6 is 0 Å². The standard InChI is InChI=1S/C12H9F3N6O2/c1-6(21-3-2-8(19-21)12(13,14)15)11-18-9(20-23-11)7-4-16-5-17-10(7)22/h2-6H,1H3,(H,16,17,22). The monoisotopic (exact) mass is 326 g/mol. The minimum Gasteiger partial charge on any atom is -0.337 e. The van der Waals surface area contributed by atoms with E-state index < -0.39 is 23.5 Å². The maximum Gasteiger partial charge on any atom is 0.435 e. The quantitative estimate of drug-likeness (QED) is 0.785. The van der Waals surface area contributed by atoms with Gasteiger partial charge in [0.1, 0.15) is 11.6 Å². The summed E-state index contributed by atoms with van der Waals surface area (Å²) in [6, 6.07) is 0.114. The summed E-state index contributed by atoms with van der Waals surface area (Å²) in [6.07, 6.45) is -0.909. The van der Waals surface area contributed by atoms with E-state index in [9.17, 15) is 18.0 Å². The number of aromatic amines is 1. The van der Waals surface area contributed by atoms with Gasteiger partial charge in [-0.15, -0.1) is 0 Å². The molecule has 8 nitrogen and oxygen atoms in total. The van der Waals surface area contributed by atoms with Gasteiger partial charge in [-0.3, -0.25) is 9.48 Å². The molecule has 0 amide bonds. The lowest BCUT2D eigenvalue weighted by Crippen LogP contribution is -2.12. The van der Waals surface area contributed by atoms with E-state index in [1.165, 1.54) is 19.4 Å². The topological polar surface area (TPSA) is 102 Å². The minimum atomic E-state index is -4.53. The summed E-state index contributed by atoms with van der Waals surface area (Å²) in [5, 5.41) is 7.08. The molecule has 1 N–H and O–H groups in total. The van der Waals surface area contributed by atoms with E-state index in [1.54, 1.807) is 0 Å². The van der Waals surface area contributed by atoms with Gasteiger partial charge in [-0.05, 0) is 13.0 Å². The molecule has 0 spiro atoms. The van der Waals surface area contributed by atoms with Gasteiger partial charge >= 0.3 is 6.18 Å². The van der Waals surface area contributed by atoms with E-state index >= 15 is 0 Å². The smallest absolute Gasteiger partial charge is 0.337 e. The van der Waals surface area contributed by atoms with E-state index in [-0.39, 0.29) is 17.3 Å². The Kier molecular flexibility index (Phi) is 3.47. The van der Waals surface area contributed by atoms with Gasteiger partial charge in [-0.1, -0.05) is 5.16 Å². The van der Waals surface area contributed by atoms with Gasteiger partial charge < -0.3 is 9.51 Å². The summed E-state index contributed by atoms with van der Waals surface area (Å²) >= 11 is 0. The third-order valence-corrected chi connectivity index (χ3v) is 3.05. The zero-order chi connectivity index (χ0) is 16.6. The number of aromatic nitrogens is 6. The zero-order valence-electron chi connectivity index (χ0n) is 11.6. The molecule has 3 aromatic heterocycles. The lowest BCUT2D eigenvalue weighted by atomic mass is 10.3. The molecule has 0 saturated carbocycles. The molecule has 0 aromatic carbocycles. The molecule has 3 rings (SSSR count). The van der Waals surface area contributed by atoms with E-state index in [0.29, 0.717) is 0 Å². The molecule has 1 atom stereocenters. The van der Waals surface area contributed by atoms with Gasteiger partial charge in [-0.25, -0.2) is 4.98 Å². The number of hydrogen-bond donors (Lipinski definition) is 1. The number of halogens is 3. The predicted molar refractivity (Wildman–Crippen MR) is 69.2 cm³/mol. The Balaban J connectivity index is 1.90. The summed E-state index contributed by atoms with van der Waals surface area (Å²) in [7, 11) is 0. The Labute approximate surface area is 126 Å². The minimum absolute atomic E-state index is 0.00981. The van der Waals surface area contributed by atoms with Gasteiger partial charge in [0.25, 0.3) is 11.4 Å². The third kappa shape index (κ3) is 2.84. The normalized spacial score (nSPS) is 13.2. The van der Waals surface area contributed by atoms with Gasteiger partial charge in [0.15, 0.2) is 5.69 Å². The van der Waals surface area contributed by atoms with Gasteiger partial charge in [0, 0.05) is 12.4 Å². The van der Waals surface area contributed by atoms with Crippen LogP contribution in [-0.2, 0) is 6.18 Å². The van der Waals surface area contributed by atoms with Gasteiger partial charge in [-0.2, -0.15) is 23.3 Å². The highest BCUT2D eigenvalue weighted by Gasteiger charge is 2.34. The van der Waals surface area contributed by atoms with Crippen molar-refractivity contribution < 1.29 is 17.7 Å². The Hall–Kier alpha value is -2.98. The van der Waals surface area contributed by atoms with Crippen molar-refractivity contribution in [2.75, 3.05) is 0 Å². The number of nitrogens with zero attached hydrogens (tertiary/aromatic N) is 5. The van der Waals surface area contributed by atoms with Crippen LogP contribution in [0, 0.1) is 0 Å². The second kappa shape index (κ2) is 5.34. The van der Waals surface area contributed by atoms with E-state index in [1.807, 2.05) is 0 Å². The molecule has 0 radical (unpaired) electrons. The summed E-state index contributed by atoms with van der Waals surface area (Å²) in [4.78, 5) is 21.7. The Morgan fingerprint density at radius 1 is 1.39 bits per heavy atom. The first-order valence-electron chi connectivity index (χ1n) is 6.35. The maximum absolute atomic E-state index is 12.6. The molecule has 0 aliphatic carbocycles. The van der Waals surface area contributed by atoms with Crippen molar-refractivity contribution in [2.24, 2.45) is 0 Å². The van der Waals surface area contributed by atoms with Crippen LogP contribution in [0.5, 0.6) is 0 Å². The van der Waals surface area contributed by atoms with Crippen molar-refractivity contribution in [3.05, 3.63) is 46.7 Å². The second-order valence-electron chi connectivity index (χ2n) is 4.61. The highest BCUT2D eigenvalue weighted by molar-refractivity contribution is 5.50. The first-order chi connectivity index (χ1) is 10.9. The lowest BCUT2D eigenvalue weighted by molar-refractivity contribution is -0.141. The summed E-state index contributed by atoms with van der Waals surface area (Å²) in [5.41, 5.74) is -1.39. The molecule has 23 heavy (non-hydrogen) atoms. The molecule has 120 valence electrons. The number of nitrogens with one attached hydrogen (secondary N) is 1. The van der Waals surface area contributed by atoms with Gasteiger partial charge in [0.05, 0.1) is 6.33 Å². The molecule has 0 fully saturated rings. The number of rotatable bonds is 3. The van der Waals surface area contributed by atoms with Crippen molar-refractivity contribution >= 4 is 0 Å². The van der Waals surface area contributed by atoms with Crippen LogP contribution in [0.1, 0.15) is 24.6 Å². The van der Waals surface area contributed by atoms with Crippen LogP contribution < -0.4 is 5.56 Å².